The second-order valence-electron chi connectivity index (χ2n) is 4.84. The van der Waals surface area contributed by atoms with Crippen molar-refractivity contribution in [2.45, 2.75) is 32.6 Å². The van der Waals surface area contributed by atoms with E-state index in [2.05, 4.69) is 17.5 Å². The van der Waals surface area contributed by atoms with Gasteiger partial charge < -0.3 is 5.32 Å². The molecule has 2 rings (SSSR count). The molecule has 0 radical (unpaired) electrons. The van der Waals surface area contributed by atoms with Crippen molar-refractivity contribution in [1.82, 2.24) is 5.32 Å². The first-order valence-corrected chi connectivity index (χ1v) is 7.51. The lowest BCUT2D eigenvalue weighted by Gasteiger charge is -2.16. The Morgan fingerprint density at radius 2 is 2.21 bits per heavy atom. The van der Waals surface area contributed by atoms with Gasteiger partial charge in [-0.2, -0.15) is 0 Å². The van der Waals surface area contributed by atoms with Gasteiger partial charge in [-0.1, -0.05) is 12.2 Å². The van der Waals surface area contributed by atoms with Gasteiger partial charge in [0.1, 0.15) is 0 Å². The van der Waals surface area contributed by atoms with Crippen molar-refractivity contribution >= 4 is 23.0 Å². The van der Waals surface area contributed by atoms with E-state index < -0.39 is 0 Å². The Morgan fingerprint density at radius 3 is 2.84 bits per heavy atom. The minimum atomic E-state index is 0.106. The number of carbonyl (C=O) groups is 2. The molecule has 0 aliphatic heterocycles. The summed E-state index contributed by atoms with van der Waals surface area (Å²) in [5.41, 5.74) is 0. The van der Waals surface area contributed by atoms with E-state index in [4.69, 9.17) is 0 Å². The van der Waals surface area contributed by atoms with Crippen molar-refractivity contribution in [3.05, 3.63) is 34.0 Å². The molecule has 1 heterocycles. The molecule has 0 spiro atoms. The van der Waals surface area contributed by atoms with Crippen molar-refractivity contribution in [3.8, 4) is 0 Å². The van der Waals surface area contributed by atoms with Crippen LogP contribution in [0.5, 0.6) is 0 Å². The van der Waals surface area contributed by atoms with Gasteiger partial charge in [0.2, 0.25) is 5.91 Å². The van der Waals surface area contributed by atoms with E-state index in [1.807, 2.05) is 12.1 Å². The molecule has 1 N–H and O–H groups in total. The fourth-order valence-electron chi connectivity index (χ4n) is 2.19. The first-order chi connectivity index (χ1) is 9.16. The highest BCUT2D eigenvalue weighted by molar-refractivity contribution is 7.14. The van der Waals surface area contributed by atoms with E-state index in [0.717, 1.165) is 35.4 Å². The van der Waals surface area contributed by atoms with Gasteiger partial charge in [-0.3, -0.25) is 9.59 Å². The maximum Gasteiger partial charge on any atom is 0.223 e. The smallest absolute Gasteiger partial charge is 0.223 e. The predicted octanol–water partition coefficient (Wildman–Crippen LogP) is 2.97. The molecule has 0 saturated heterocycles. The van der Waals surface area contributed by atoms with Crippen LogP contribution in [-0.2, 0) is 11.2 Å². The molecule has 0 saturated carbocycles. The molecule has 1 aliphatic rings. The molecule has 0 fully saturated rings. The Bertz CT molecular complexity index is 490. The lowest BCUT2D eigenvalue weighted by atomic mass is 9.94. The average molecular weight is 277 g/mol. The normalized spacial score (nSPS) is 18.3. The molecule has 1 aromatic heterocycles. The molecule has 1 aromatic rings. The molecular weight excluding hydrogens is 258 g/mol. The van der Waals surface area contributed by atoms with E-state index in [0.29, 0.717) is 6.54 Å². The quantitative estimate of drug-likeness (QED) is 0.664. The van der Waals surface area contributed by atoms with Gasteiger partial charge in [0.25, 0.3) is 0 Å². The molecule has 3 nitrogen and oxygen atoms in total. The van der Waals surface area contributed by atoms with Crippen LogP contribution >= 0.6 is 11.3 Å². The van der Waals surface area contributed by atoms with E-state index in [9.17, 15) is 9.59 Å². The second-order valence-corrected chi connectivity index (χ2v) is 6.01. The zero-order valence-electron chi connectivity index (χ0n) is 11.1. The minimum absolute atomic E-state index is 0.106. The van der Waals surface area contributed by atoms with Gasteiger partial charge >= 0.3 is 0 Å². The maximum atomic E-state index is 11.9. The number of carbonyl (C=O) groups excluding carboxylic acids is 2. The summed E-state index contributed by atoms with van der Waals surface area (Å²) < 4.78 is 0. The highest BCUT2D eigenvalue weighted by atomic mass is 32.1. The summed E-state index contributed by atoms with van der Waals surface area (Å²) in [6.45, 7) is 2.23. The number of ketones is 1. The number of thiophene rings is 1. The number of Topliss-reactive ketones (excluding diaryl/α,β-unsaturated/α-hetero) is 1. The fourth-order valence-corrected chi connectivity index (χ4v) is 3.09. The van der Waals surface area contributed by atoms with E-state index in [1.165, 1.54) is 11.3 Å². The Morgan fingerprint density at radius 1 is 1.37 bits per heavy atom. The van der Waals surface area contributed by atoms with E-state index >= 15 is 0 Å². The van der Waals surface area contributed by atoms with Gasteiger partial charge in [-0.15, -0.1) is 11.3 Å². The summed E-state index contributed by atoms with van der Waals surface area (Å²) in [5, 5.41) is 2.99. The Labute approximate surface area is 117 Å². The SMILES string of the molecule is CC(=O)c1ccc(CCNC(=O)[C@@H]2CC=CCC2)s1. The van der Waals surface area contributed by atoms with Gasteiger partial charge in [0.15, 0.2) is 5.78 Å². The largest absolute Gasteiger partial charge is 0.355 e. The third-order valence-electron chi connectivity index (χ3n) is 3.32. The summed E-state index contributed by atoms with van der Waals surface area (Å²) in [5.74, 6) is 0.406. The zero-order valence-corrected chi connectivity index (χ0v) is 12.0. The number of allylic oxidation sites excluding steroid dienone is 2. The monoisotopic (exact) mass is 277 g/mol. The van der Waals surface area contributed by atoms with Crippen molar-refractivity contribution in [1.29, 1.82) is 0 Å². The molecule has 1 amide bonds. The van der Waals surface area contributed by atoms with Gasteiger partial charge in [0.05, 0.1) is 4.88 Å². The number of amides is 1. The Balaban J connectivity index is 1.74. The van der Waals surface area contributed by atoms with Crippen molar-refractivity contribution < 1.29 is 9.59 Å². The highest BCUT2D eigenvalue weighted by Gasteiger charge is 2.17. The van der Waals surface area contributed by atoms with Crippen LogP contribution in [0.4, 0.5) is 0 Å². The van der Waals surface area contributed by atoms with Crippen LogP contribution in [0.1, 0.15) is 40.7 Å². The molecule has 4 heteroatoms. The summed E-state index contributed by atoms with van der Waals surface area (Å²) in [6, 6.07) is 3.83. The molecule has 1 atom stereocenters. The third-order valence-corrected chi connectivity index (χ3v) is 4.56. The summed E-state index contributed by atoms with van der Waals surface area (Å²) in [7, 11) is 0. The first-order valence-electron chi connectivity index (χ1n) is 6.69. The lowest BCUT2D eigenvalue weighted by molar-refractivity contribution is -0.125. The van der Waals surface area contributed by atoms with Crippen LogP contribution in [0.25, 0.3) is 0 Å². The van der Waals surface area contributed by atoms with Crippen LogP contribution in [-0.4, -0.2) is 18.2 Å². The summed E-state index contributed by atoms with van der Waals surface area (Å²) >= 11 is 1.52. The number of hydrogen-bond acceptors (Lipinski definition) is 3. The molecule has 1 aliphatic carbocycles. The molecule has 0 bridgehead atoms. The van der Waals surface area contributed by atoms with Gasteiger partial charge in [-0.25, -0.2) is 0 Å². The molecule has 102 valence electrons. The minimum Gasteiger partial charge on any atom is -0.355 e. The van der Waals surface area contributed by atoms with Gasteiger partial charge in [-0.05, 0) is 44.7 Å². The maximum absolute atomic E-state index is 11.9. The van der Waals surface area contributed by atoms with E-state index in [-0.39, 0.29) is 17.6 Å². The second kappa shape index (κ2) is 6.66. The molecular formula is C15H19NO2S. The molecule has 0 aromatic carbocycles. The van der Waals surface area contributed by atoms with Crippen molar-refractivity contribution in [2.24, 2.45) is 5.92 Å². The summed E-state index contributed by atoms with van der Waals surface area (Å²) in [6.07, 6.45) is 7.84. The van der Waals surface area contributed by atoms with Crippen LogP contribution in [0.3, 0.4) is 0 Å². The van der Waals surface area contributed by atoms with Crippen LogP contribution in [0.15, 0.2) is 24.3 Å². The first kappa shape index (κ1) is 14.0. The standard InChI is InChI=1S/C15H19NO2S/c1-11(17)14-8-7-13(19-14)9-10-16-15(18)12-5-3-2-4-6-12/h2-3,7-8,12H,4-6,9-10H2,1H3,(H,16,18)/t12-/m1/s1. The number of rotatable bonds is 5. The van der Waals surface area contributed by atoms with Crippen molar-refractivity contribution in [3.63, 3.8) is 0 Å². The average Bonchev–Trinajstić information content (AvgIpc) is 2.89. The van der Waals surface area contributed by atoms with Crippen LogP contribution in [0.2, 0.25) is 0 Å². The predicted molar refractivity (Wildman–Crippen MR) is 77.5 cm³/mol. The Kier molecular flexibility index (Phi) is 4.91. The summed E-state index contributed by atoms with van der Waals surface area (Å²) in [4.78, 5) is 25.0. The van der Waals surface area contributed by atoms with Crippen molar-refractivity contribution in [2.75, 3.05) is 6.54 Å². The van der Waals surface area contributed by atoms with Crippen LogP contribution in [0, 0.1) is 5.92 Å². The van der Waals surface area contributed by atoms with Gasteiger partial charge in [0, 0.05) is 17.3 Å². The fraction of sp³-hybridized carbons (Fsp3) is 0.467. The molecule has 0 unspecified atom stereocenters. The Hall–Kier alpha value is -1.42. The highest BCUT2D eigenvalue weighted by Crippen LogP contribution is 2.19. The lowest BCUT2D eigenvalue weighted by Crippen LogP contribution is -2.32. The van der Waals surface area contributed by atoms with E-state index in [1.54, 1.807) is 6.92 Å². The third kappa shape index (κ3) is 4.03. The topological polar surface area (TPSA) is 46.2 Å². The van der Waals surface area contributed by atoms with Crippen LogP contribution < -0.4 is 5.32 Å². The number of hydrogen-bond donors (Lipinski definition) is 1. The molecule has 19 heavy (non-hydrogen) atoms. The number of nitrogens with one attached hydrogen (secondary N) is 1. The zero-order chi connectivity index (χ0) is 13.7.